The number of carbonyl (C=O) groups excluding carboxylic acids is 2. The molecule has 0 heterocycles. The number of aldehydes is 1. The van der Waals surface area contributed by atoms with Crippen LogP contribution in [-0.4, -0.2) is 195 Å². The number of hydrogen-bond acceptors (Lipinski definition) is 16. The second-order valence-corrected chi connectivity index (χ2v) is 11.5. The Bertz CT molecular complexity index is 1020. The van der Waals surface area contributed by atoms with Crippen molar-refractivity contribution in [3.8, 4) is 5.75 Å². The summed E-state index contributed by atoms with van der Waals surface area (Å²) in [4.78, 5) is 32.4. The maximum atomic E-state index is 11.4. The molecular formula is C38H65NO17. The van der Waals surface area contributed by atoms with Crippen molar-refractivity contribution in [2.24, 2.45) is 0 Å². The first-order valence-corrected chi connectivity index (χ1v) is 19.2. The lowest BCUT2D eigenvalue weighted by Crippen LogP contribution is -2.25. The summed E-state index contributed by atoms with van der Waals surface area (Å²) in [7, 11) is 0. The predicted molar refractivity (Wildman–Crippen MR) is 202 cm³/mol. The van der Waals surface area contributed by atoms with Crippen molar-refractivity contribution in [3.05, 3.63) is 29.8 Å². The molecule has 18 heteroatoms. The first-order valence-electron chi connectivity index (χ1n) is 19.2. The SMILES string of the molecule is O=Cc1ccc(OCCOCCOCCOCCOCCOCCOCCOCCOCCOCCOCCOCCOCCCNC(=O)CCC(=O)O)cc1. The molecule has 1 aromatic rings. The standard InChI is InChI=1S/C38H65NO17/c40-34-35-2-4-36(5-3-35)56-33-32-55-31-30-54-29-28-53-27-26-52-25-24-51-23-22-50-21-20-49-19-18-48-17-16-47-15-14-46-13-12-45-11-10-44-9-1-8-39-37(41)6-7-38(42)43/h2-5,34H,1,6-33H2,(H,39,41)(H,42,43). The minimum atomic E-state index is -0.986. The van der Waals surface area contributed by atoms with Gasteiger partial charge in [-0.1, -0.05) is 0 Å². The maximum Gasteiger partial charge on any atom is 0.303 e. The minimum Gasteiger partial charge on any atom is -0.491 e. The predicted octanol–water partition coefficient (Wildman–Crippen LogP) is 1.45. The minimum absolute atomic E-state index is 0.0145. The highest BCUT2D eigenvalue weighted by Crippen LogP contribution is 2.10. The molecule has 0 fully saturated rings. The average molecular weight is 808 g/mol. The molecule has 0 aliphatic heterocycles. The molecular weight excluding hydrogens is 742 g/mol. The van der Waals surface area contributed by atoms with Gasteiger partial charge in [-0.25, -0.2) is 0 Å². The third-order valence-corrected chi connectivity index (χ3v) is 6.96. The van der Waals surface area contributed by atoms with E-state index in [0.717, 1.165) is 6.29 Å². The Hall–Kier alpha value is -2.85. The molecule has 0 saturated heterocycles. The van der Waals surface area contributed by atoms with Crippen molar-refractivity contribution in [1.82, 2.24) is 5.32 Å². The Morgan fingerprint density at radius 3 is 1.05 bits per heavy atom. The highest BCUT2D eigenvalue weighted by Gasteiger charge is 2.04. The molecule has 0 saturated carbocycles. The molecule has 2 N–H and O–H groups in total. The molecule has 18 nitrogen and oxygen atoms in total. The fourth-order valence-electron chi connectivity index (χ4n) is 4.09. The van der Waals surface area contributed by atoms with Crippen LogP contribution in [0, 0.1) is 0 Å². The van der Waals surface area contributed by atoms with Gasteiger partial charge < -0.3 is 72.0 Å². The molecule has 1 amide bonds. The zero-order valence-electron chi connectivity index (χ0n) is 32.9. The van der Waals surface area contributed by atoms with Gasteiger partial charge in [-0.15, -0.1) is 0 Å². The lowest BCUT2D eigenvalue weighted by Gasteiger charge is -2.09. The summed E-state index contributed by atoms with van der Waals surface area (Å²) in [6.07, 6.45) is 1.26. The molecule has 0 aromatic heterocycles. The van der Waals surface area contributed by atoms with Crippen LogP contribution in [0.25, 0.3) is 0 Å². The Labute approximate surface area is 330 Å². The van der Waals surface area contributed by atoms with Gasteiger partial charge in [-0.2, -0.15) is 0 Å². The molecule has 0 bridgehead atoms. The monoisotopic (exact) mass is 807 g/mol. The van der Waals surface area contributed by atoms with Crippen LogP contribution in [0.4, 0.5) is 0 Å². The first kappa shape index (κ1) is 51.2. The number of carboxylic acids is 1. The van der Waals surface area contributed by atoms with Crippen LogP contribution in [-0.2, 0) is 66.4 Å². The normalized spacial score (nSPS) is 11.2. The zero-order valence-corrected chi connectivity index (χ0v) is 32.9. The number of hydrogen-bond donors (Lipinski definition) is 2. The topological polar surface area (TPSA) is 203 Å². The van der Waals surface area contributed by atoms with E-state index in [-0.39, 0.29) is 18.7 Å². The molecule has 0 radical (unpaired) electrons. The highest BCUT2D eigenvalue weighted by atomic mass is 16.6. The summed E-state index contributed by atoms with van der Waals surface area (Å²) >= 11 is 0. The molecule has 0 aliphatic carbocycles. The number of amides is 1. The van der Waals surface area contributed by atoms with E-state index >= 15 is 0 Å². The van der Waals surface area contributed by atoms with Crippen LogP contribution in [0.5, 0.6) is 5.75 Å². The third-order valence-electron chi connectivity index (χ3n) is 6.96. The summed E-state index contributed by atoms with van der Waals surface area (Å²) < 4.78 is 71.1. The van der Waals surface area contributed by atoms with E-state index in [0.29, 0.717) is 189 Å². The molecule has 324 valence electrons. The quantitative estimate of drug-likeness (QED) is 0.0707. The lowest BCUT2D eigenvalue weighted by atomic mass is 10.2. The maximum absolute atomic E-state index is 11.4. The largest absolute Gasteiger partial charge is 0.491 e. The van der Waals surface area contributed by atoms with Gasteiger partial charge in [0.25, 0.3) is 0 Å². The van der Waals surface area contributed by atoms with Crippen LogP contribution < -0.4 is 10.1 Å². The van der Waals surface area contributed by atoms with Crippen LogP contribution in [0.1, 0.15) is 29.6 Å². The molecule has 56 heavy (non-hydrogen) atoms. The van der Waals surface area contributed by atoms with E-state index in [1.54, 1.807) is 24.3 Å². The smallest absolute Gasteiger partial charge is 0.303 e. The Balaban J connectivity index is 1.63. The van der Waals surface area contributed by atoms with E-state index in [9.17, 15) is 14.4 Å². The van der Waals surface area contributed by atoms with Crippen molar-refractivity contribution in [1.29, 1.82) is 0 Å². The van der Waals surface area contributed by atoms with E-state index in [2.05, 4.69) is 5.32 Å². The Morgan fingerprint density at radius 1 is 0.446 bits per heavy atom. The van der Waals surface area contributed by atoms with E-state index < -0.39 is 5.97 Å². The lowest BCUT2D eigenvalue weighted by molar-refractivity contribution is -0.138. The molecule has 0 spiro atoms. The van der Waals surface area contributed by atoms with Crippen molar-refractivity contribution >= 4 is 18.2 Å². The summed E-state index contributed by atoms with van der Waals surface area (Å²) in [5.74, 6) is -0.560. The number of nitrogens with one attached hydrogen (secondary N) is 1. The summed E-state index contributed by atoms with van der Waals surface area (Å²) in [5.41, 5.74) is 0.611. The van der Waals surface area contributed by atoms with Gasteiger partial charge in [0.15, 0.2) is 0 Å². The fourth-order valence-corrected chi connectivity index (χ4v) is 4.09. The second kappa shape index (κ2) is 41.8. The first-order chi connectivity index (χ1) is 27.6. The molecule has 1 rings (SSSR count). The van der Waals surface area contributed by atoms with E-state index in [1.807, 2.05) is 0 Å². The van der Waals surface area contributed by atoms with Crippen LogP contribution in [0.2, 0.25) is 0 Å². The summed E-state index contributed by atoms with van der Waals surface area (Å²) in [5, 5.41) is 11.2. The van der Waals surface area contributed by atoms with Crippen molar-refractivity contribution in [2.75, 3.05) is 172 Å². The third kappa shape index (κ3) is 38.0. The molecule has 1 aromatic carbocycles. The van der Waals surface area contributed by atoms with Crippen LogP contribution >= 0.6 is 0 Å². The summed E-state index contributed by atoms with van der Waals surface area (Å²) in [6.45, 7) is 12.2. The fraction of sp³-hybridized carbons (Fsp3) is 0.763. The number of benzene rings is 1. The van der Waals surface area contributed by atoms with Gasteiger partial charge in [-0.3, -0.25) is 14.4 Å². The van der Waals surface area contributed by atoms with Crippen molar-refractivity contribution in [3.63, 3.8) is 0 Å². The van der Waals surface area contributed by atoms with Gasteiger partial charge in [-0.05, 0) is 30.7 Å². The Kier molecular flexibility index (Phi) is 38.2. The molecule has 0 aliphatic rings. The van der Waals surface area contributed by atoms with Gasteiger partial charge in [0.05, 0.1) is 158 Å². The number of aliphatic carboxylic acids is 1. The van der Waals surface area contributed by atoms with Crippen LogP contribution in [0.3, 0.4) is 0 Å². The molecule has 0 unspecified atom stereocenters. The highest BCUT2D eigenvalue weighted by molar-refractivity contribution is 5.80. The second-order valence-electron chi connectivity index (χ2n) is 11.5. The van der Waals surface area contributed by atoms with Crippen LogP contribution in [0.15, 0.2) is 24.3 Å². The van der Waals surface area contributed by atoms with Crippen molar-refractivity contribution < 1.29 is 81.1 Å². The van der Waals surface area contributed by atoms with E-state index in [1.165, 1.54) is 0 Å². The van der Waals surface area contributed by atoms with Gasteiger partial charge in [0.1, 0.15) is 18.6 Å². The summed E-state index contributed by atoms with van der Waals surface area (Å²) in [6, 6.07) is 6.91. The zero-order chi connectivity index (χ0) is 40.3. The van der Waals surface area contributed by atoms with Gasteiger partial charge >= 0.3 is 5.97 Å². The van der Waals surface area contributed by atoms with Gasteiger partial charge in [0, 0.05) is 25.1 Å². The molecule has 0 atom stereocenters. The number of rotatable bonds is 45. The Morgan fingerprint density at radius 2 is 0.750 bits per heavy atom. The number of ether oxygens (including phenoxy) is 13. The number of carboxylic acid groups (broad SMARTS) is 1. The van der Waals surface area contributed by atoms with Crippen molar-refractivity contribution in [2.45, 2.75) is 19.3 Å². The average Bonchev–Trinajstić information content (AvgIpc) is 3.20. The van der Waals surface area contributed by atoms with Gasteiger partial charge in [0.2, 0.25) is 5.91 Å². The number of carbonyl (C=O) groups is 3. The van der Waals surface area contributed by atoms with E-state index in [4.69, 9.17) is 66.7 Å².